The van der Waals surface area contributed by atoms with Gasteiger partial charge in [0.2, 0.25) is 11.8 Å². The van der Waals surface area contributed by atoms with Crippen LogP contribution in [0.4, 0.5) is 0 Å². The summed E-state index contributed by atoms with van der Waals surface area (Å²) in [5, 5.41) is 2.77. The van der Waals surface area contributed by atoms with Crippen molar-refractivity contribution >= 4 is 27.4 Å². The van der Waals surface area contributed by atoms with E-state index in [1.807, 2.05) is 6.07 Å². The molecule has 1 N–H and O–H groups in total. The van der Waals surface area contributed by atoms with E-state index in [2.05, 4.69) is 5.32 Å². The number of nitrogens with one attached hydrogen (secondary N) is 1. The van der Waals surface area contributed by atoms with Crippen molar-refractivity contribution in [3.63, 3.8) is 0 Å². The number of Topliss-reactive ketones (excluding diaryl/α,β-unsaturated/α-hetero) is 1. The number of carbonyl (C=O) groups is 3. The lowest BCUT2D eigenvalue weighted by molar-refractivity contribution is -0.139. The Morgan fingerprint density at radius 2 is 2.03 bits per heavy atom. The van der Waals surface area contributed by atoms with Crippen molar-refractivity contribution in [2.45, 2.75) is 56.7 Å². The molecule has 4 rings (SSSR count). The summed E-state index contributed by atoms with van der Waals surface area (Å²) in [6.07, 6.45) is 1.66. The van der Waals surface area contributed by atoms with Gasteiger partial charge in [0.1, 0.15) is 17.4 Å². The molecule has 3 aliphatic rings. The topological polar surface area (TPSA) is 110 Å². The molecule has 1 spiro atoms. The molecule has 0 unspecified atom stereocenters. The first-order valence-electron chi connectivity index (χ1n) is 10.3. The predicted molar refractivity (Wildman–Crippen MR) is 109 cm³/mol. The molecule has 3 heterocycles. The van der Waals surface area contributed by atoms with E-state index in [0.717, 1.165) is 0 Å². The number of fused-ring (bicyclic) bond motifs is 1. The van der Waals surface area contributed by atoms with Gasteiger partial charge in [0.05, 0.1) is 23.5 Å². The van der Waals surface area contributed by atoms with Crippen LogP contribution in [0.25, 0.3) is 0 Å². The van der Waals surface area contributed by atoms with Crippen LogP contribution in [0.15, 0.2) is 24.3 Å². The lowest BCUT2D eigenvalue weighted by Gasteiger charge is -2.37. The molecule has 0 aromatic heterocycles. The lowest BCUT2D eigenvalue weighted by atomic mass is 9.84. The number of sulfone groups is 1. The first-order chi connectivity index (χ1) is 14.2. The van der Waals surface area contributed by atoms with Crippen molar-refractivity contribution < 1.29 is 27.5 Å². The van der Waals surface area contributed by atoms with E-state index in [-0.39, 0.29) is 41.9 Å². The third kappa shape index (κ3) is 4.08. The van der Waals surface area contributed by atoms with Gasteiger partial charge < -0.3 is 15.0 Å². The van der Waals surface area contributed by atoms with Crippen molar-refractivity contribution in [1.82, 2.24) is 10.2 Å². The molecule has 1 aromatic carbocycles. The summed E-state index contributed by atoms with van der Waals surface area (Å²) in [5.74, 6) is 0.0482. The standard InChI is InChI=1S/C21H26N2O6S/c1-14(20(26)22-15-7-11-30(27,28)13-15)23-10-9-21(8-6-19(23)25)12-17(24)16-4-2-3-5-18(16)29-21/h2-5,14-15H,6-13H2,1H3,(H,22,26)/t14-,15+,21+/m1/s1. The highest BCUT2D eigenvalue weighted by atomic mass is 32.2. The smallest absolute Gasteiger partial charge is 0.242 e. The molecular formula is C21H26N2O6S. The summed E-state index contributed by atoms with van der Waals surface area (Å²) < 4.78 is 29.5. The number of ether oxygens (including phenoxy) is 1. The Balaban J connectivity index is 1.44. The van der Waals surface area contributed by atoms with E-state index in [0.29, 0.717) is 37.1 Å². The highest BCUT2D eigenvalue weighted by molar-refractivity contribution is 7.91. The molecule has 0 bridgehead atoms. The van der Waals surface area contributed by atoms with Crippen molar-refractivity contribution in [2.24, 2.45) is 0 Å². The number of amides is 2. The zero-order chi connectivity index (χ0) is 21.5. The van der Waals surface area contributed by atoms with E-state index >= 15 is 0 Å². The fourth-order valence-corrected chi connectivity index (χ4v) is 6.23. The summed E-state index contributed by atoms with van der Waals surface area (Å²) in [6.45, 7) is 1.95. The van der Waals surface area contributed by atoms with Gasteiger partial charge in [-0.3, -0.25) is 14.4 Å². The fourth-order valence-electron chi connectivity index (χ4n) is 4.56. The zero-order valence-corrected chi connectivity index (χ0v) is 17.7. The van der Waals surface area contributed by atoms with E-state index < -0.39 is 27.5 Å². The first-order valence-corrected chi connectivity index (χ1v) is 12.1. The minimum absolute atomic E-state index is 0.00554. The second-order valence-electron chi connectivity index (χ2n) is 8.50. The Kier molecular flexibility index (Phi) is 5.34. The number of rotatable bonds is 3. The minimum atomic E-state index is -3.10. The maximum absolute atomic E-state index is 12.8. The van der Waals surface area contributed by atoms with Gasteiger partial charge in [-0.2, -0.15) is 0 Å². The third-order valence-corrected chi connectivity index (χ3v) is 8.11. The highest BCUT2D eigenvalue weighted by Gasteiger charge is 2.44. The van der Waals surface area contributed by atoms with Gasteiger partial charge in [0, 0.05) is 25.4 Å². The average molecular weight is 435 g/mol. The van der Waals surface area contributed by atoms with Crippen LogP contribution < -0.4 is 10.1 Å². The molecule has 3 aliphatic heterocycles. The summed E-state index contributed by atoms with van der Waals surface area (Å²) in [5.41, 5.74) is -0.180. The summed E-state index contributed by atoms with van der Waals surface area (Å²) in [6, 6.07) is 6.00. The van der Waals surface area contributed by atoms with Crippen molar-refractivity contribution in [3.05, 3.63) is 29.8 Å². The van der Waals surface area contributed by atoms with Crippen molar-refractivity contribution in [1.29, 1.82) is 0 Å². The lowest BCUT2D eigenvalue weighted by Crippen LogP contribution is -2.51. The van der Waals surface area contributed by atoms with Gasteiger partial charge in [-0.05, 0) is 31.9 Å². The maximum atomic E-state index is 12.8. The summed E-state index contributed by atoms with van der Waals surface area (Å²) >= 11 is 0. The largest absolute Gasteiger partial charge is 0.486 e. The summed E-state index contributed by atoms with van der Waals surface area (Å²) in [4.78, 5) is 39.6. The Hall–Kier alpha value is -2.42. The molecule has 2 fully saturated rings. The Bertz CT molecular complexity index is 991. The van der Waals surface area contributed by atoms with Gasteiger partial charge in [-0.25, -0.2) is 8.42 Å². The molecule has 30 heavy (non-hydrogen) atoms. The molecule has 0 aliphatic carbocycles. The molecule has 2 amide bonds. The van der Waals surface area contributed by atoms with Crippen LogP contribution >= 0.6 is 0 Å². The number of hydrogen-bond donors (Lipinski definition) is 1. The number of nitrogens with zero attached hydrogens (tertiary/aromatic N) is 1. The van der Waals surface area contributed by atoms with Crippen LogP contribution in [0.1, 0.15) is 49.4 Å². The Morgan fingerprint density at radius 3 is 2.77 bits per heavy atom. The van der Waals surface area contributed by atoms with Crippen molar-refractivity contribution in [3.8, 4) is 5.75 Å². The van der Waals surface area contributed by atoms with Gasteiger partial charge in [0.25, 0.3) is 0 Å². The van der Waals surface area contributed by atoms with Gasteiger partial charge in [-0.1, -0.05) is 12.1 Å². The normalized spacial score (nSPS) is 29.1. The van der Waals surface area contributed by atoms with Crippen LogP contribution in [0.2, 0.25) is 0 Å². The number of para-hydroxylation sites is 1. The van der Waals surface area contributed by atoms with Crippen LogP contribution in [0.3, 0.4) is 0 Å². The van der Waals surface area contributed by atoms with Crippen LogP contribution in [0.5, 0.6) is 5.75 Å². The molecule has 1 aromatic rings. The molecule has 9 heteroatoms. The second-order valence-corrected chi connectivity index (χ2v) is 10.7. The Morgan fingerprint density at radius 1 is 1.27 bits per heavy atom. The monoisotopic (exact) mass is 434 g/mol. The first kappa shape index (κ1) is 20.8. The number of likely N-dealkylation sites (tertiary alicyclic amines) is 1. The van der Waals surface area contributed by atoms with Crippen LogP contribution in [0, 0.1) is 0 Å². The van der Waals surface area contributed by atoms with Gasteiger partial charge in [-0.15, -0.1) is 0 Å². The highest BCUT2D eigenvalue weighted by Crippen LogP contribution is 2.39. The predicted octanol–water partition coefficient (Wildman–Crippen LogP) is 1.09. The average Bonchev–Trinajstić information content (AvgIpc) is 2.96. The van der Waals surface area contributed by atoms with Crippen molar-refractivity contribution in [2.75, 3.05) is 18.1 Å². The molecule has 3 atom stereocenters. The third-order valence-electron chi connectivity index (χ3n) is 6.35. The van der Waals surface area contributed by atoms with Gasteiger partial charge >= 0.3 is 0 Å². The molecule has 8 nitrogen and oxygen atoms in total. The molecule has 0 saturated carbocycles. The Labute approximate surface area is 175 Å². The van der Waals surface area contributed by atoms with E-state index in [1.165, 1.54) is 4.90 Å². The zero-order valence-electron chi connectivity index (χ0n) is 16.9. The summed E-state index contributed by atoms with van der Waals surface area (Å²) in [7, 11) is -3.10. The molecule has 162 valence electrons. The minimum Gasteiger partial charge on any atom is -0.486 e. The molecular weight excluding hydrogens is 408 g/mol. The van der Waals surface area contributed by atoms with Crippen LogP contribution in [-0.2, 0) is 19.4 Å². The number of benzene rings is 1. The fraction of sp³-hybridized carbons (Fsp3) is 0.571. The number of ketones is 1. The van der Waals surface area contributed by atoms with E-state index in [4.69, 9.17) is 4.74 Å². The van der Waals surface area contributed by atoms with E-state index in [1.54, 1.807) is 25.1 Å². The quantitative estimate of drug-likeness (QED) is 0.763. The number of carbonyl (C=O) groups excluding carboxylic acids is 3. The SMILES string of the molecule is C[C@H](C(=O)N[C@H]1CCS(=O)(=O)C1)N1CC[C@@]2(CCC1=O)CC(=O)c1ccccc1O2. The number of hydrogen-bond acceptors (Lipinski definition) is 6. The van der Waals surface area contributed by atoms with Crippen LogP contribution in [-0.4, -0.2) is 66.7 Å². The van der Waals surface area contributed by atoms with Gasteiger partial charge in [0.15, 0.2) is 15.6 Å². The second kappa shape index (κ2) is 7.68. The van der Waals surface area contributed by atoms with E-state index in [9.17, 15) is 22.8 Å². The molecule has 2 saturated heterocycles. The maximum Gasteiger partial charge on any atom is 0.242 e. The molecule has 0 radical (unpaired) electrons.